The van der Waals surface area contributed by atoms with E-state index in [1.165, 1.54) is 46.5 Å². The highest BCUT2D eigenvalue weighted by Crippen LogP contribution is 2.24. The number of hydrogen-bond donors (Lipinski definition) is 0. The number of rotatable bonds is 9. The van der Waals surface area contributed by atoms with Crippen molar-refractivity contribution in [2.45, 2.75) is 6.61 Å². The van der Waals surface area contributed by atoms with Crippen LogP contribution in [0.5, 0.6) is 5.75 Å². The van der Waals surface area contributed by atoms with Crippen LogP contribution < -0.4 is 9.54 Å². The second-order valence-corrected chi connectivity index (χ2v) is 6.51. The Kier molecular flexibility index (Phi) is 7.03. The molecule has 0 aliphatic carbocycles. The van der Waals surface area contributed by atoms with Gasteiger partial charge < -0.3 is 13.9 Å². The van der Waals surface area contributed by atoms with Crippen LogP contribution in [0.2, 0.25) is 0 Å². The van der Waals surface area contributed by atoms with E-state index >= 15 is 0 Å². The number of ether oxygens (including phenoxy) is 2. The van der Waals surface area contributed by atoms with Crippen LogP contribution in [0.4, 0.5) is 14.7 Å². The van der Waals surface area contributed by atoms with Crippen molar-refractivity contribution < 1.29 is 27.6 Å². The van der Waals surface area contributed by atoms with Gasteiger partial charge in [0.25, 0.3) is 0 Å². The molecule has 0 amide bonds. The van der Waals surface area contributed by atoms with E-state index in [4.69, 9.17) is 9.15 Å². The smallest absolute Gasteiger partial charge is 0.433 e. The van der Waals surface area contributed by atoms with Gasteiger partial charge in [-0.3, -0.25) is 15.1 Å². The van der Waals surface area contributed by atoms with E-state index in [0.29, 0.717) is 29.2 Å². The van der Waals surface area contributed by atoms with Crippen molar-refractivity contribution in [3.8, 4) is 17.0 Å². The number of thiazole rings is 1. The Bertz CT molecular complexity index is 1090. The fourth-order valence-corrected chi connectivity index (χ4v) is 3.25. The van der Waals surface area contributed by atoms with Crippen LogP contribution in [0.3, 0.4) is 0 Å². The van der Waals surface area contributed by atoms with Crippen LogP contribution in [0.1, 0.15) is 5.76 Å². The second kappa shape index (κ2) is 9.89. The highest BCUT2D eigenvalue weighted by atomic mass is 32.1. The zero-order valence-electron chi connectivity index (χ0n) is 15.6. The molecule has 0 radical (unpaired) electrons. The number of halogens is 2. The number of alkyl halides is 2. The molecule has 0 N–H and O–H groups in total. The molecule has 9 nitrogen and oxygen atoms in total. The number of furan rings is 1. The average Bonchev–Trinajstić information content (AvgIpc) is 3.34. The van der Waals surface area contributed by atoms with Gasteiger partial charge in [-0.1, -0.05) is 0 Å². The summed E-state index contributed by atoms with van der Waals surface area (Å²) in [6, 6.07) is 8.72. The lowest BCUT2D eigenvalue weighted by Crippen LogP contribution is -2.13. The molecule has 3 aromatic rings. The summed E-state index contributed by atoms with van der Waals surface area (Å²) < 4.78 is 40.7. The first kappa shape index (κ1) is 21.3. The molecule has 0 spiro atoms. The molecule has 0 bridgehead atoms. The zero-order chi connectivity index (χ0) is 21.5. The molecular weight excluding hydrogens is 422 g/mol. The molecule has 0 unspecified atom stereocenters. The Balaban J connectivity index is 1.95. The molecule has 0 aliphatic rings. The van der Waals surface area contributed by atoms with E-state index in [9.17, 15) is 18.9 Å². The van der Waals surface area contributed by atoms with Crippen molar-refractivity contribution in [2.24, 2.45) is 10.1 Å². The minimum Gasteiger partial charge on any atom is -0.435 e. The Morgan fingerprint density at radius 1 is 1.30 bits per heavy atom. The van der Waals surface area contributed by atoms with E-state index in [2.05, 4.69) is 14.8 Å². The first-order chi connectivity index (χ1) is 14.5. The minimum absolute atomic E-state index is 0.0342. The van der Waals surface area contributed by atoms with Crippen LogP contribution >= 0.6 is 11.3 Å². The zero-order valence-corrected chi connectivity index (χ0v) is 16.4. The van der Waals surface area contributed by atoms with Crippen LogP contribution in [0.25, 0.3) is 11.3 Å². The van der Waals surface area contributed by atoms with Crippen LogP contribution in [-0.2, 0) is 4.74 Å². The van der Waals surface area contributed by atoms with Crippen LogP contribution in [-0.4, -0.2) is 42.7 Å². The van der Waals surface area contributed by atoms with Crippen molar-refractivity contribution in [2.75, 3.05) is 20.3 Å². The van der Waals surface area contributed by atoms with Crippen molar-refractivity contribution >= 4 is 23.4 Å². The van der Waals surface area contributed by atoms with Crippen molar-refractivity contribution in [1.29, 1.82) is 0 Å². The molecule has 0 saturated carbocycles. The van der Waals surface area contributed by atoms with Gasteiger partial charge in [-0.05, 0) is 30.3 Å². The van der Waals surface area contributed by atoms with E-state index in [0.717, 1.165) is 0 Å². The minimum atomic E-state index is -2.91. The number of nitro groups is 1. The highest BCUT2D eigenvalue weighted by molar-refractivity contribution is 7.07. The number of aromatic nitrogens is 1. The van der Waals surface area contributed by atoms with Crippen LogP contribution in [0, 0.1) is 10.1 Å². The highest BCUT2D eigenvalue weighted by Gasteiger charge is 2.12. The summed E-state index contributed by atoms with van der Waals surface area (Å²) in [4.78, 5) is 15.1. The van der Waals surface area contributed by atoms with E-state index < -0.39 is 17.4 Å². The molecule has 0 aliphatic heterocycles. The molecule has 2 heterocycles. The average molecular weight is 438 g/mol. The summed E-state index contributed by atoms with van der Waals surface area (Å²) in [5.41, 5.74) is 1.32. The van der Waals surface area contributed by atoms with Crippen molar-refractivity contribution in [3.05, 3.63) is 62.5 Å². The Morgan fingerprint density at radius 2 is 2.07 bits per heavy atom. The molecule has 0 fully saturated rings. The second-order valence-electron chi connectivity index (χ2n) is 5.67. The lowest BCUT2D eigenvalue weighted by Gasteiger charge is -2.06. The third kappa shape index (κ3) is 5.36. The van der Waals surface area contributed by atoms with Gasteiger partial charge in [-0.2, -0.15) is 13.9 Å². The van der Waals surface area contributed by atoms with Gasteiger partial charge in [0.2, 0.25) is 4.80 Å². The molecular formula is C18H16F2N4O5S. The third-order valence-electron chi connectivity index (χ3n) is 3.70. The Hall–Kier alpha value is -3.38. The maximum absolute atomic E-state index is 12.4. The monoisotopic (exact) mass is 438 g/mol. The van der Waals surface area contributed by atoms with Gasteiger partial charge in [-0.25, -0.2) is 4.68 Å². The summed E-state index contributed by atoms with van der Waals surface area (Å²) in [6.07, 6.45) is 1.33. The first-order valence-electron chi connectivity index (χ1n) is 8.51. The number of methoxy groups -OCH3 is 1. The fraction of sp³-hybridized carbons (Fsp3) is 0.222. The fourth-order valence-electron chi connectivity index (χ4n) is 2.38. The topological polar surface area (TPSA) is 104 Å². The lowest BCUT2D eigenvalue weighted by atomic mass is 10.2. The summed E-state index contributed by atoms with van der Waals surface area (Å²) in [6.45, 7) is -2.09. The molecule has 12 heteroatoms. The quantitative estimate of drug-likeness (QED) is 0.219. The molecule has 30 heavy (non-hydrogen) atoms. The normalized spacial score (nSPS) is 12.2. The molecule has 2 aromatic heterocycles. The predicted molar refractivity (Wildman–Crippen MR) is 105 cm³/mol. The molecule has 1 aromatic carbocycles. The molecule has 3 rings (SSSR count). The summed E-state index contributed by atoms with van der Waals surface area (Å²) >= 11 is 1.32. The van der Waals surface area contributed by atoms with Crippen molar-refractivity contribution in [1.82, 2.24) is 4.68 Å². The predicted octanol–water partition coefficient (Wildman–Crippen LogP) is 3.75. The Morgan fingerprint density at radius 3 is 2.70 bits per heavy atom. The van der Waals surface area contributed by atoms with E-state index in [-0.39, 0.29) is 11.5 Å². The van der Waals surface area contributed by atoms with E-state index in [1.807, 2.05) is 0 Å². The van der Waals surface area contributed by atoms with E-state index in [1.54, 1.807) is 24.6 Å². The summed E-state index contributed by atoms with van der Waals surface area (Å²) in [7, 11) is 1.56. The largest absolute Gasteiger partial charge is 0.435 e. The molecule has 158 valence electrons. The van der Waals surface area contributed by atoms with Gasteiger partial charge in [-0.15, -0.1) is 11.3 Å². The molecule has 0 saturated heterocycles. The van der Waals surface area contributed by atoms with Gasteiger partial charge in [0, 0.05) is 18.1 Å². The number of benzene rings is 1. The first-order valence-corrected chi connectivity index (χ1v) is 9.39. The van der Waals surface area contributed by atoms with Crippen LogP contribution in [0.15, 0.2) is 56.3 Å². The summed E-state index contributed by atoms with van der Waals surface area (Å²) in [5.74, 6) is -0.173. The molecule has 0 atom stereocenters. The van der Waals surface area contributed by atoms with Gasteiger partial charge >= 0.3 is 12.5 Å². The maximum Gasteiger partial charge on any atom is 0.433 e. The summed E-state index contributed by atoms with van der Waals surface area (Å²) in [5, 5.41) is 16.9. The van der Waals surface area contributed by atoms with Gasteiger partial charge in [0.1, 0.15) is 10.7 Å². The number of hydrogen-bond acceptors (Lipinski definition) is 8. The van der Waals surface area contributed by atoms with Gasteiger partial charge in [0.15, 0.2) is 5.76 Å². The number of nitrogens with zero attached hydrogens (tertiary/aromatic N) is 4. The Labute approximate surface area is 172 Å². The van der Waals surface area contributed by atoms with Gasteiger partial charge in [0.05, 0.1) is 31.1 Å². The van der Waals surface area contributed by atoms with Crippen molar-refractivity contribution in [3.63, 3.8) is 0 Å². The third-order valence-corrected chi connectivity index (χ3v) is 4.55. The maximum atomic E-state index is 12.4. The SMILES string of the molecule is COCCN=c1scc(-c2ccc(OC(F)F)cc2)n1N=Cc1ccc([N+](=O)[O-])o1. The standard InChI is InChI=1S/C18H16F2N4O5S/c1-27-9-8-21-18-23(22-10-14-6-7-16(28-14)24(25)26)15(11-30-18)12-2-4-13(5-3-12)29-17(19)20/h2-7,10-11,17H,8-9H2,1H3. The lowest BCUT2D eigenvalue weighted by molar-refractivity contribution is -0.402.